The van der Waals surface area contributed by atoms with Crippen molar-refractivity contribution in [2.24, 2.45) is 0 Å². The molecule has 1 saturated heterocycles. The highest BCUT2D eigenvalue weighted by atomic mass is 32.2. The average Bonchev–Trinajstić information content (AvgIpc) is 3.44. The van der Waals surface area contributed by atoms with E-state index in [1.807, 2.05) is 44.2 Å². The smallest absolute Gasteiger partial charge is 0.270 e. The molecule has 0 atom stereocenters. The summed E-state index contributed by atoms with van der Waals surface area (Å²) in [7, 11) is 0. The number of carbonyl (C=O) groups excluding carboxylic acids is 2. The number of aromatic nitrogens is 1. The fourth-order valence-electron chi connectivity index (χ4n) is 3.46. The second-order valence-electron chi connectivity index (χ2n) is 7.59. The van der Waals surface area contributed by atoms with Gasteiger partial charge >= 0.3 is 0 Å². The number of fused-ring (bicyclic) bond motifs is 1. The van der Waals surface area contributed by atoms with Crippen LogP contribution in [0.2, 0.25) is 0 Å². The van der Waals surface area contributed by atoms with Crippen molar-refractivity contribution in [3.8, 4) is 5.75 Å². The van der Waals surface area contributed by atoms with Crippen molar-refractivity contribution in [3.63, 3.8) is 0 Å². The Hall–Kier alpha value is -3.47. The lowest BCUT2D eigenvalue weighted by Gasteiger charge is -2.28. The third-order valence-corrected chi connectivity index (χ3v) is 7.41. The monoisotopic (exact) mass is 521 g/mol. The highest BCUT2D eigenvalue weighted by molar-refractivity contribution is 8.01. The maximum absolute atomic E-state index is 13.2. The number of nitrogens with zero attached hydrogens (tertiary/aromatic N) is 2. The van der Waals surface area contributed by atoms with Crippen LogP contribution in [0, 0.1) is 6.92 Å². The van der Waals surface area contributed by atoms with Crippen molar-refractivity contribution in [1.29, 1.82) is 0 Å². The Morgan fingerprint density at radius 1 is 1.17 bits per heavy atom. The molecule has 2 amide bonds. The van der Waals surface area contributed by atoms with Gasteiger partial charge in [-0.1, -0.05) is 17.7 Å². The van der Waals surface area contributed by atoms with Crippen LogP contribution in [0.25, 0.3) is 16.3 Å². The summed E-state index contributed by atoms with van der Waals surface area (Å²) in [5.41, 5.74) is 2.45. The molecule has 7 nitrogen and oxygen atoms in total. The van der Waals surface area contributed by atoms with Gasteiger partial charge in [-0.05, 0) is 86.4 Å². The van der Waals surface area contributed by atoms with Gasteiger partial charge in [0.1, 0.15) is 17.1 Å². The van der Waals surface area contributed by atoms with Gasteiger partial charge in [-0.25, -0.2) is 4.98 Å². The molecule has 2 aromatic heterocycles. The maximum atomic E-state index is 13.2. The number of anilines is 1. The number of hydrogen-bond donors (Lipinski definition) is 1. The number of nitrogens with one attached hydrogen (secondary N) is 1. The number of rotatable bonds is 6. The molecule has 1 fully saturated rings. The SMILES string of the molecule is CCOc1ccc2nc(Sc3ccc(/C=C4\C(=O)NC(=S)N(c5ccc(C)cc5)C4=O)o3)sc2c1. The molecule has 0 bridgehead atoms. The highest BCUT2D eigenvalue weighted by Crippen LogP contribution is 2.37. The number of thiocarbonyl (C=S) groups is 1. The minimum atomic E-state index is -0.565. The zero-order chi connectivity index (χ0) is 24.5. The number of ether oxygens (including phenoxy) is 1. The lowest BCUT2D eigenvalue weighted by Crippen LogP contribution is -2.54. The van der Waals surface area contributed by atoms with Crippen LogP contribution in [0.15, 0.2) is 74.0 Å². The number of aryl methyl sites for hydroxylation is 1. The Kier molecular flexibility index (Phi) is 6.42. The standard InChI is InChI=1S/C25H19N3O4S3/c1-3-31-16-8-10-19-20(13-16)34-25(26-19)35-21-11-9-17(32-21)12-18-22(29)27-24(33)28(23(18)30)15-6-4-14(2)5-7-15/h4-13H,3H2,1-2H3,(H,27,29,33)/b18-12+. The lowest BCUT2D eigenvalue weighted by molar-refractivity contribution is -0.122. The number of carbonyl (C=O) groups is 2. The topological polar surface area (TPSA) is 84.7 Å². The summed E-state index contributed by atoms with van der Waals surface area (Å²) in [5.74, 6) is 0.110. The van der Waals surface area contributed by atoms with E-state index in [-0.39, 0.29) is 10.7 Å². The van der Waals surface area contributed by atoms with Crippen molar-refractivity contribution in [2.45, 2.75) is 23.3 Å². The van der Waals surface area contributed by atoms with Crippen LogP contribution in [0.1, 0.15) is 18.2 Å². The summed E-state index contributed by atoms with van der Waals surface area (Å²) in [6.45, 7) is 4.50. The first kappa shape index (κ1) is 23.3. The number of benzene rings is 2. The molecule has 4 aromatic rings. The Bertz CT molecular complexity index is 1490. The third-order valence-electron chi connectivity index (χ3n) is 5.12. The molecule has 10 heteroatoms. The van der Waals surface area contributed by atoms with Gasteiger partial charge in [-0.3, -0.25) is 19.8 Å². The predicted molar refractivity (Wildman–Crippen MR) is 141 cm³/mol. The highest BCUT2D eigenvalue weighted by Gasteiger charge is 2.34. The summed E-state index contributed by atoms with van der Waals surface area (Å²) in [5, 5.41) is 3.22. The molecule has 3 heterocycles. The van der Waals surface area contributed by atoms with Crippen LogP contribution < -0.4 is 15.0 Å². The van der Waals surface area contributed by atoms with Crippen molar-refractivity contribution in [3.05, 3.63) is 71.5 Å². The van der Waals surface area contributed by atoms with E-state index in [0.29, 0.717) is 23.1 Å². The van der Waals surface area contributed by atoms with Gasteiger partial charge in [-0.2, -0.15) is 0 Å². The molecule has 176 valence electrons. The van der Waals surface area contributed by atoms with E-state index in [2.05, 4.69) is 10.3 Å². The van der Waals surface area contributed by atoms with Crippen LogP contribution in [0.5, 0.6) is 5.75 Å². The molecule has 35 heavy (non-hydrogen) atoms. The molecule has 0 radical (unpaired) electrons. The maximum Gasteiger partial charge on any atom is 0.270 e. The largest absolute Gasteiger partial charge is 0.494 e. The van der Waals surface area contributed by atoms with Crippen molar-refractivity contribution < 1.29 is 18.7 Å². The van der Waals surface area contributed by atoms with Crippen LogP contribution in [0.3, 0.4) is 0 Å². The van der Waals surface area contributed by atoms with Crippen molar-refractivity contribution in [2.75, 3.05) is 11.5 Å². The molecule has 0 saturated carbocycles. The molecule has 0 unspecified atom stereocenters. The first-order valence-corrected chi connectivity index (χ1v) is 12.7. The summed E-state index contributed by atoms with van der Waals surface area (Å²) in [6, 6.07) is 16.6. The van der Waals surface area contributed by atoms with Gasteiger partial charge in [0, 0.05) is 0 Å². The zero-order valence-electron chi connectivity index (χ0n) is 18.7. The summed E-state index contributed by atoms with van der Waals surface area (Å²) < 4.78 is 13.3. The van der Waals surface area contributed by atoms with Gasteiger partial charge in [0.2, 0.25) is 0 Å². The fourth-order valence-corrected chi connectivity index (χ4v) is 5.74. The first-order chi connectivity index (χ1) is 16.9. The molecule has 0 aliphatic carbocycles. The minimum Gasteiger partial charge on any atom is -0.494 e. The molecule has 5 rings (SSSR count). The molecule has 2 aromatic carbocycles. The van der Waals surface area contributed by atoms with E-state index in [1.165, 1.54) is 34.1 Å². The second-order valence-corrected chi connectivity index (χ2v) is 10.3. The summed E-state index contributed by atoms with van der Waals surface area (Å²) >= 11 is 8.15. The molecule has 0 spiro atoms. The quantitative estimate of drug-likeness (QED) is 0.201. The van der Waals surface area contributed by atoms with Gasteiger partial charge in [0.15, 0.2) is 14.5 Å². The van der Waals surface area contributed by atoms with Crippen molar-refractivity contribution in [1.82, 2.24) is 10.3 Å². The van der Waals surface area contributed by atoms with Gasteiger partial charge in [-0.15, -0.1) is 11.3 Å². The van der Waals surface area contributed by atoms with E-state index in [9.17, 15) is 9.59 Å². The number of thiazole rings is 1. The van der Waals surface area contributed by atoms with E-state index in [1.54, 1.807) is 24.3 Å². The van der Waals surface area contributed by atoms with Gasteiger partial charge in [0.25, 0.3) is 11.8 Å². The predicted octanol–water partition coefficient (Wildman–Crippen LogP) is 5.58. The summed E-state index contributed by atoms with van der Waals surface area (Å²) in [6.07, 6.45) is 1.43. The fraction of sp³-hybridized carbons (Fsp3) is 0.120. The molecular formula is C25H19N3O4S3. The Morgan fingerprint density at radius 2 is 1.97 bits per heavy atom. The van der Waals surface area contributed by atoms with E-state index in [4.69, 9.17) is 21.4 Å². The minimum absolute atomic E-state index is 0.0417. The van der Waals surface area contributed by atoms with E-state index >= 15 is 0 Å². The van der Waals surface area contributed by atoms with E-state index in [0.717, 1.165) is 25.9 Å². The van der Waals surface area contributed by atoms with E-state index < -0.39 is 11.8 Å². The van der Waals surface area contributed by atoms with Gasteiger partial charge < -0.3 is 9.15 Å². The molecule has 1 N–H and O–H groups in total. The van der Waals surface area contributed by atoms with Crippen LogP contribution >= 0.6 is 35.3 Å². The number of hydrogen-bond acceptors (Lipinski definition) is 8. The third kappa shape index (κ3) is 4.86. The molecule has 1 aliphatic rings. The Balaban J connectivity index is 1.37. The summed E-state index contributed by atoms with van der Waals surface area (Å²) in [4.78, 5) is 31.6. The number of furan rings is 1. The zero-order valence-corrected chi connectivity index (χ0v) is 21.2. The average molecular weight is 522 g/mol. The second kappa shape index (κ2) is 9.65. The van der Waals surface area contributed by atoms with Crippen LogP contribution in [-0.2, 0) is 9.59 Å². The molecular weight excluding hydrogens is 502 g/mol. The van der Waals surface area contributed by atoms with Gasteiger partial charge in [0.05, 0.1) is 22.5 Å². The van der Waals surface area contributed by atoms with Crippen molar-refractivity contribution >= 4 is 74.2 Å². The number of amides is 2. The van der Waals surface area contributed by atoms with Crippen LogP contribution in [0.4, 0.5) is 5.69 Å². The van der Waals surface area contributed by atoms with Crippen LogP contribution in [-0.4, -0.2) is 28.5 Å². The Labute approximate surface area is 214 Å². The first-order valence-electron chi connectivity index (χ1n) is 10.7. The Morgan fingerprint density at radius 3 is 2.74 bits per heavy atom. The normalized spacial score (nSPS) is 15.2. The molecule has 1 aliphatic heterocycles. The lowest BCUT2D eigenvalue weighted by atomic mass is 10.1.